The number of aromatic nitrogens is 1. The van der Waals surface area contributed by atoms with Gasteiger partial charge in [-0.15, -0.1) is 0 Å². The topological polar surface area (TPSA) is 91.1 Å². The lowest BCUT2D eigenvalue weighted by molar-refractivity contribution is 0.00949. The summed E-state index contributed by atoms with van der Waals surface area (Å²) in [5, 5.41) is 13.3. The number of piperazine rings is 1. The van der Waals surface area contributed by atoms with Crippen LogP contribution in [-0.4, -0.2) is 77.8 Å². The molecule has 9 heteroatoms. The third-order valence-electron chi connectivity index (χ3n) is 5.02. The predicted octanol–water partition coefficient (Wildman–Crippen LogP) is 2.40. The van der Waals surface area contributed by atoms with Gasteiger partial charge in [-0.05, 0) is 31.5 Å². The standard InChI is InChI=1S/C21H29ClN4O4/c1-3-29-13-17(27)11-25-6-8-26(9-7-25)12-20-24-19(14-30-20)21(28)23-16-5-4-15(2)18(22)10-16/h4-5,10,14,17,27H,3,6-9,11-13H2,1-2H3,(H,23,28)/t17-/m1/s1. The average molecular weight is 437 g/mol. The highest BCUT2D eigenvalue weighted by Gasteiger charge is 2.21. The van der Waals surface area contributed by atoms with Gasteiger partial charge in [0.2, 0.25) is 5.89 Å². The van der Waals surface area contributed by atoms with Crippen molar-refractivity contribution < 1.29 is 19.1 Å². The van der Waals surface area contributed by atoms with Crippen LogP contribution in [0.3, 0.4) is 0 Å². The van der Waals surface area contributed by atoms with E-state index in [0.29, 0.717) is 42.9 Å². The molecule has 2 aromatic rings. The predicted molar refractivity (Wildman–Crippen MR) is 115 cm³/mol. The number of β-amino-alcohol motifs (C(OH)–C–C–N with tert-alkyl or cyclic N) is 1. The van der Waals surface area contributed by atoms with Gasteiger partial charge in [0, 0.05) is 50.0 Å². The molecule has 0 spiro atoms. The number of hydrogen-bond acceptors (Lipinski definition) is 7. The molecule has 1 aliphatic rings. The van der Waals surface area contributed by atoms with E-state index >= 15 is 0 Å². The van der Waals surface area contributed by atoms with Crippen LogP contribution in [0.15, 0.2) is 28.9 Å². The van der Waals surface area contributed by atoms with E-state index in [9.17, 15) is 9.90 Å². The molecule has 30 heavy (non-hydrogen) atoms. The normalized spacial score (nSPS) is 16.5. The van der Waals surface area contributed by atoms with Gasteiger partial charge in [0.1, 0.15) is 6.26 Å². The van der Waals surface area contributed by atoms with Gasteiger partial charge in [-0.2, -0.15) is 0 Å². The van der Waals surface area contributed by atoms with Crippen molar-refractivity contribution in [3.63, 3.8) is 0 Å². The van der Waals surface area contributed by atoms with Crippen molar-refractivity contribution in [2.75, 3.05) is 51.3 Å². The fourth-order valence-electron chi connectivity index (χ4n) is 3.28. The van der Waals surface area contributed by atoms with Gasteiger partial charge in [-0.1, -0.05) is 17.7 Å². The van der Waals surface area contributed by atoms with E-state index in [1.807, 2.05) is 19.9 Å². The number of nitrogens with one attached hydrogen (secondary N) is 1. The molecule has 3 rings (SSSR count). The van der Waals surface area contributed by atoms with Crippen LogP contribution in [0.1, 0.15) is 28.9 Å². The van der Waals surface area contributed by atoms with Crippen molar-refractivity contribution in [1.82, 2.24) is 14.8 Å². The number of carbonyl (C=O) groups is 1. The SMILES string of the molecule is CCOC[C@H](O)CN1CCN(Cc2nc(C(=O)Nc3ccc(C)c(Cl)c3)co2)CC1. The maximum absolute atomic E-state index is 12.4. The molecule has 0 unspecified atom stereocenters. The number of rotatable bonds is 9. The van der Waals surface area contributed by atoms with E-state index in [1.54, 1.807) is 12.1 Å². The summed E-state index contributed by atoms with van der Waals surface area (Å²) < 4.78 is 10.8. The van der Waals surface area contributed by atoms with Crippen molar-refractivity contribution in [2.45, 2.75) is 26.5 Å². The smallest absolute Gasteiger partial charge is 0.277 e. The molecular formula is C21H29ClN4O4. The molecule has 2 N–H and O–H groups in total. The molecule has 1 aromatic heterocycles. The maximum Gasteiger partial charge on any atom is 0.277 e. The number of benzene rings is 1. The van der Waals surface area contributed by atoms with Crippen LogP contribution in [0.5, 0.6) is 0 Å². The Morgan fingerprint density at radius 3 is 2.77 bits per heavy atom. The average Bonchev–Trinajstić information content (AvgIpc) is 3.19. The first-order valence-electron chi connectivity index (χ1n) is 10.2. The van der Waals surface area contributed by atoms with E-state index in [2.05, 4.69) is 20.1 Å². The number of oxazole rings is 1. The molecule has 0 radical (unpaired) electrons. The molecule has 1 saturated heterocycles. The van der Waals surface area contributed by atoms with Gasteiger partial charge in [-0.25, -0.2) is 4.98 Å². The lowest BCUT2D eigenvalue weighted by Crippen LogP contribution is -2.48. The molecule has 0 bridgehead atoms. The monoisotopic (exact) mass is 436 g/mol. The van der Waals surface area contributed by atoms with Crippen LogP contribution in [0.2, 0.25) is 5.02 Å². The lowest BCUT2D eigenvalue weighted by Gasteiger charge is -2.34. The highest BCUT2D eigenvalue weighted by Crippen LogP contribution is 2.20. The van der Waals surface area contributed by atoms with Gasteiger partial charge < -0.3 is 19.6 Å². The second-order valence-corrected chi connectivity index (χ2v) is 7.84. The van der Waals surface area contributed by atoms with Crippen LogP contribution < -0.4 is 5.32 Å². The number of aliphatic hydroxyl groups is 1. The number of aliphatic hydroxyl groups excluding tert-OH is 1. The third kappa shape index (κ3) is 6.52. The molecule has 1 aromatic carbocycles. The summed E-state index contributed by atoms with van der Waals surface area (Å²) in [4.78, 5) is 21.2. The van der Waals surface area contributed by atoms with Gasteiger partial charge in [0.05, 0.1) is 19.3 Å². The quantitative estimate of drug-likeness (QED) is 0.623. The van der Waals surface area contributed by atoms with Crippen molar-refractivity contribution in [3.8, 4) is 0 Å². The fourth-order valence-corrected chi connectivity index (χ4v) is 3.46. The number of carbonyl (C=O) groups excluding carboxylic acids is 1. The maximum atomic E-state index is 12.4. The molecule has 8 nitrogen and oxygen atoms in total. The van der Waals surface area contributed by atoms with Gasteiger partial charge in [-0.3, -0.25) is 14.6 Å². The Morgan fingerprint density at radius 1 is 1.33 bits per heavy atom. The zero-order chi connectivity index (χ0) is 21.5. The number of aryl methyl sites for hydroxylation is 1. The zero-order valence-corrected chi connectivity index (χ0v) is 18.2. The Labute approximate surface area is 181 Å². The first kappa shape index (κ1) is 22.7. The Balaban J connectivity index is 1.45. The van der Waals surface area contributed by atoms with E-state index in [4.69, 9.17) is 20.8 Å². The summed E-state index contributed by atoms with van der Waals surface area (Å²) in [6, 6.07) is 5.35. The second kappa shape index (κ2) is 10.9. The Bertz CT molecular complexity index is 836. The summed E-state index contributed by atoms with van der Waals surface area (Å²) in [7, 11) is 0. The first-order valence-corrected chi connectivity index (χ1v) is 10.5. The van der Waals surface area contributed by atoms with Gasteiger partial charge >= 0.3 is 0 Å². The Hall–Kier alpha value is -1.97. The number of anilines is 1. The highest BCUT2D eigenvalue weighted by molar-refractivity contribution is 6.31. The van der Waals surface area contributed by atoms with Crippen LogP contribution in [-0.2, 0) is 11.3 Å². The number of hydrogen-bond donors (Lipinski definition) is 2. The third-order valence-corrected chi connectivity index (χ3v) is 5.43. The molecule has 1 amide bonds. The number of halogens is 1. The number of amides is 1. The molecule has 1 atom stereocenters. The van der Waals surface area contributed by atoms with Crippen molar-refractivity contribution in [2.24, 2.45) is 0 Å². The van der Waals surface area contributed by atoms with E-state index < -0.39 is 6.10 Å². The van der Waals surface area contributed by atoms with Crippen LogP contribution >= 0.6 is 11.6 Å². The van der Waals surface area contributed by atoms with Gasteiger partial charge in [0.15, 0.2) is 5.69 Å². The molecular weight excluding hydrogens is 408 g/mol. The second-order valence-electron chi connectivity index (χ2n) is 7.43. The lowest BCUT2D eigenvalue weighted by atomic mass is 10.2. The summed E-state index contributed by atoms with van der Waals surface area (Å²) in [6.45, 7) is 9.34. The minimum absolute atomic E-state index is 0.236. The minimum Gasteiger partial charge on any atom is -0.447 e. The number of ether oxygens (including phenoxy) is 1. The number of nitrogens with zero attached hydrogens (tertiary/aromatic N) is 3. The zero-order valence-electron chi connectivity index (χ0n) is 17.4. The minimum atomic E-state index is -0.465. The van der Waals surface area contributed by atoms with E-state index in [1.165, 1.54) is 6.26 Å². The Morgan fingerprint density at radius 2 is 2.07 bits per heavy atom. The summed E-state index contributed by atoms with van der Waals surface area (Å²) in [5.74, 6) is 0.171. The van der Waals surface area contributed by atoms with Crippen molar-refractivity contribution in [1.29, 1.82) is 0 Å². The molecule has 164 valence electrons. The summed E-state index contributed by atoms with van der Waals surface area (Å²) >= 11 is 6.10. The van der Waals surface area contributed by atoms with Crippen LogP contribution in [0, 0.1) is 6.92 Å². The highest BCUT2D eigenvalue weighted by atomic mass is 35.5. The van der Waals surface area contributed by atoms with Gasteiger partial charge in [0.25, 0.3) is 5.91 Å². The molecule has 0 aliphatic carbocycles. The van der Waals surface area contributed by atoms with Crippen LogP contribution in [0.4, 0.5) is 5.69 Å². The van der Waals surface area contributed by atoms with E-state index in [-0.39, 0.29) is 11.6 Å². The van der Waals surface area contributed by atoms with E-state index in [0.717, 1.165) is 31.7 Å². The molecule has 1 aliphatic heterocycles. The molecule has 0 saturated carbocycles. The summed E-state index contributed by atoms with van der Waals surface area (Å²) in [5.41, 5.74) is 1.80. The van der Waals surface area contributed by atoms with Crippen molar-refractivity contribution in [3.05, 3.63) is 46.6 Å². The van der Waals surface area contributed by atoms with Crippen molar-refractivity contribution >= 4 is 23.2 Å². The largest absolute Gasteiger partial charge is 0.447 e. The Kier molecular flexibility index (Phi) is 8.24. The first-order chi connectivity index (χ1) is 14.4. The van der Waals surface area contributed by atoms with Crippen LogP contribution in [0.25, 0.3) is 0 Å². The molecule has 1 fully saturated rings. The fraction of sp³-hybridized carbons (Fsp3) is 0.524. The molecule has 2 heterocycles. The summed E-state index contributed by atoms with van der Waals surface area (Å²) in [6.07, 6.45) is 0.911.